The molecule has 0 radical (unpaired) electrons. The Balaban J connectivity index is 1.35. The van der Waals surface area contributed by atoms with E-state index in [9.17, 15) is 18.0 Å². The predicted molar refractivity (Wildman–Crippen MR) is 140 cm³/mol. The number of anilines is 1. The number of carbonyl (C=O) groups excluding carboxylic acids is 1. The van der Waals surface area contributed by atoms with E-state index in [4.69, 9.17) is 0 Å². The van der Waals surface area contributed by atoms with Crippen LogP contribution in [0.15, 0.2) is 54.9 Å². The normalized spacial score (nSPS) is 14.7. The topological polar surface area (TPSA) is 78.7 Å². The van der Waals surface area contributed by atoms with Crippen molar-refractivity contribution in [3.63, 3.8) is 0 Å². The number of aromatic nitrogens is 4. The van der Waals surface area contributed by atoms with Crippen molar-refractivity contribution >= 4 is 17.2 Å². The molecule has 0 bridgehead atoms. The first-order chi connectivity index (χ1) is 18.7. The molecular weight excluding hydrogens is 507 g/mol. The molecule has 1 amide bonds. The van der Waals surface area contributed by atoms with Gasteiger partial charge in [0, 0.05) is 56.4 Å². The van der Waals surface area contributed by atoms with E-state index in [-0.39, 0.29) is 23.5 Å². The summed E-state index contributed by atoms with van der Waals surface area (Å²) in [6, 6.07) is 10.9. The third-order valence-electron chi connectivity index (χ3n) is 6.62. The van der Waals surface area contributed by atoms with Gasteiger partial charge in [-0.3, -0.25) is 19.1 Å². The van der Waals surface area contributed by atoms with Crippen LogP contribution >= 0.6 is 0 Å². The van der Waals surface area contributed by atoms with Gasteiger partial charge in [0.15, 0.2) is 5.65 Å². The number of alkyl halides is 3. The molecule has 11 heteroatoms. The Kier molecular flexibility index (Phi) is 7.32. The zero-order valence-electron chi connectivity index (χ0n) is 21.5. The maximum absolute atomic E-state index is 13.9. The number of pyridine rings is 2. The van der Waals surface area contributed by atoms with Crippen LogP contribution in [0.5, 0.6) is 0 Å². The van der Waals surface area contributed by atoms with Gasteiger partial charge < -0.3 is 10.2 Å². The number of nitrogens with zero attached hydrogens (tertiary/aromatic N) is 6. The SMILES string of the molecule is Cc1cnc(C(=O)Nc2ccc(CN3CCN(C)CC3)c(C(F)(F)F)c2)cc1C#Cc1nnc2ccccn12. The fraction of sp³-hybridized carbons (Fsp3) is 0.286. The number of amides is 1. The Morgan fingerprint density at radius 2 is 1.85 bits per heavy atom. The number of benzene rings is 1. The molecule has 0 atom stereocenters. The average Bonchev–Trinajstić information content (AvgIpc) is 3.33. The van der Waals surface area contributed by atoms with Gasteiger partial charge >= 0.3 is 6.18 Å². The van der Waals surface area contributed by atoms with Crippen LogP contribution in [-0.2, 0) is 12.7 Å². The standard InChI is InChI=1S/C28H26F3N7O/c1-19-17-32-24(15-20(19)7-9-26-35-34-25-5-3-4-10-38(25)26)27(39)33-22-8-6-21(23(16-22)28(29,30)31)18-37-13-11-36(2)12-14-37/h3-6,8,10,15-17H,11-14,18H2,1-2H3,(H,33,39). The Morgan fingerprint density at radius 3 is 2.62 bits per heavy atom. The number of aryl methyl sites for hydroxylation is 1. The van der Waals surface area contributed by atoms with E-state index in [1.165, 1.54) is 24.4 Å². The first-order valence-corrected chi connectivity index (χ1v) is 12.4. The summed E-state index contributed by atoms with van der Waals surface area (Å²) in [7, 11) is 1.99. The maximum atomic E-state index is 13.9. The molecule has 1 aliphatic heterocycles. The highest BCUT2D eigenvalue weighted by atomic mass is 19.4. The molecule has 39 heavy (non-hydrogen) atoms. The number of rotatable bonds is 4. The van der Waals surface area contributed by atoms with Crippen LogP contribution in [0.25, 0.3) is 5.65 Å². The van der Waals surface area contributed by atoms with E-state index in [0.29, 0.717) is 30.1 Å². The lowest BCUT2D eigenvalue weighted by molar-refractivity contribution is -0.138. The van der Waals surface area contributed by atoms with Gasteiger partial charge in [0.25, 0.3) is 5.91 Å². The lowest BCUT2D eigenvalue weighted by atomic mass is 10.0. The second-order valence-corrected chi connectivity index (χ2v) is 9.49. The van der Waals surface area contributed by atoms with E-state index in [1.54, 1.807) is 23.6 Å². The van der Waals surface area contributed by atoms with Crippen LogP contribution in [0.1, 0.15) is 38.6 Å². The summed E-state index contributed by atoms with van der Waals surface area (Å²) in [5.74, 6) is 5.75. The van der Waals surface area contributed by atoms with Crippen molar-refractivity contribution in [3.05, 3.63) is 88.6 Å². The predicted octanol–water partition coefficient (Wildman–Crippen LogP) is 3.85. The fourth-order valence-electron chi connectivity index (χ4n) is 4.33. The molecule has 1 aromatic carbocycles. The van der Waals surface area contributed by atoms with Gasteiger partial charge in [-0.25, -0.2) is 0 Å². The van der Waals surface area contributed by atoms with Crippen molar-refractivity contribution in [3.8, 4) is 11.8 Å². The monoisotopic (exact) mass is 533 g/mol. The van der Waals surface area contributed by atoms with Crippen LogP contribution < -0.4 is 5.32 Å². The van der Waals surface area contributed by atoms with Gasteiger partial charge in [-0.1, -0.05) is 18.1 Å². The molecular formula is C28H26F3N7O. The molecule has 0 unspecified atom stereocenters. The molecule has 1 fully saturated rings. The highest BCUT2D eigenvalue weighted by Gasteiger charge is 2.34. The van der Waals surface area contributed by atoms with Crippen LogP contribution in [0.3, 0.4) is 0 Å². The van der Waals surface area contributed by atoms with Crippen molar-refractivity contribution in [1.82, 2.24) is 29.4 Å². The number of hydrogen-bond acceptors (Lipinski definition) is 6. The van der Waals surface area contributed by atoms with Gasteiger partial charge in [0.1, 0.15) is 5.69 Å². The molecule has 0 spiro atoms. The Hall–Kier alpha value is -4.27. The number of halogens is 3. The Labute approximate surface area is 223 Å². The second kappa shape index (κ2) is 10.8. The second-order valence-electron chi connectivity index (χ2n) is 9.49. The summed E-state index contributed by atoms with van der Waals surface area (Å²) in [6.07, 6.45) is -1.26. The number of piperazine rings is 1. The lowest BCUT2D eigenvalue weighted by Crippen LogP contribution is -2.44. The zero-order valence-corrected chi connectivity index (χ0v) is 21.5. The summed E-state index contributed by atoms with van der Waals surface area (Å²) in [5, 5.41) is 10.7. The molecule has 1 N–H and O–H groups in total. The van der Waals surface area contributed by atoms with Gasteiger partial charge in [-0.15, -0.1) is 10.2 Å². The van der Waals surface area contributed by atoms with Gasteiger partial charge in [0.2, 0.25) is 5.82 Å². The molecule has 8 nitrogen and oxygen atoms in total. The number of hydrogen-bond donors (Lipinski definition) is 1. The van der Waals surface area contributed by atoms with Crippen molar-refractivity contribution in [2.24, 2.45) is 0 Å². The third kappa shape index (κ3) is 6.08. The quantitative estimate of drug-likeness (QED) is 0.402. The molecule has 5 rings (SSSR count). The van der Waals surface area contributed by atoms with Crippen molar-refractivity contribution in [2.45, 2.75) is 19.6 Å². The summed E-state index contributed by atoms with van der Waals surface area (Å²) < 4.78 is 43.5. The minimum absolute atomic E-state index is 0.0334. The van der Waals surface area contributed by atoms with Gasteiger partial charge in [-0.2, -0.15) is 13.2 Å². The molecule has 0 saturated carbocycles. The van der Waals surface area contributed by atoms with Crippen molar-refractivity contribution in [2.75, 3.05) is 38.5 Å². The van der Waals surface area contributed by atoms with Gasteiger partial charge in [-0.05, 0) is 61.4 Å². The highest BCUT2D eigenvalue weighted by molar-refractivity contribution is 6.03. The average molecular weight is 534 g/mol. The first-order valence-electron chi connectivity index (χ1n) is 12.4. The lowest BCUT2D eigenvalue weighted by Gasteiger charge is -2.33. The maximum Gasteiger partial charge on any atom is 0.416 e. The molecule has 4 aromatic rings. The summed E-state index contributed by atoms with van der Waals surface area (Å²) in [6.45, 7) is 5.00. The summed E-state index contributed by atoms with van der Waals surface area (Å²) in [4.78, 5) is 21.2. The first kappa shape index (κ1) is 26.3. The Morgan fingerprint density at radius 1 is 1.05 bits per heavy atom. The number of fused-ring (bicyclic) bond motifs is 1. The van der Waals surface area contributed by atoms with E-state index in [0.717, 1.165) is 24.7 Å². The zero-order chi connectivity index (χ0) is 27.6. The molecule has 4 heterocycles. The van der Waals surface area contributed by atoms with E-state index < -0.39 is 17.6 Å². The van der Waals surface area contributed by atoms with Crippen LogP contribution in [0.2, 0.25) is 0 Å². The van der Waals surface area contributed by atoms with Crippen molar-refractivity contribution < 1.29 is 18.0 Å². The van der Waals surface area contributed by atoms with Gasteiger partial charge in [0.05, 0.1) is 5.56 Å². The largest absolute Gasteiger partial charge is 0.416 e. The highest BCUT2D eigenvalue weighted by Crippen LogP contribution is 2.34. The summed E-state index contributed by atoms with van der Waals surface area (Å²) in [5.41, 5.74) is 1.42. The minimum atomic E-state index is -4.56. The molecule has 3 aromatic heterocycles. The van der Waals surface area contributed by atoms with E-state index in [2.05, 4.69) is 37.2 Å². The molecule has 200 valence electrons. The number of likely N-dealkylation sites (N-methyl/N-ethyl adjacent to an activating group) is 1. The van der Waals surface area contributed by atoms with Crippen LogP contribution in [0, 0.1) is 18.8 Å². The van der Waals surface area contributed by atoms with E-state index in [1.807, 2.05) is 24.1 Å². The van der Waals surface area contributed by atoms with Crippen LogP contribution in [-0.4, -0.2) is 68.5 Å². The van der Waals surface area contributed by atoms with Crippen molar-refractivity contribution in [1.29, 1.82) is 0 Å². The Bertz CT molecular complexity index is 1580. The molecule has 1 aliphatic rings. The third-order valence-corrected chi connectivity index (χ3v) is 6.62. The molecule has 1 saturated heterocycles. The minimum Gasteiger partial charge on any atom is -0.321 e. The summed E-state index contributed by atoms with van der Waals surface area (Å²) >= 11 is 0. The fourth-order valence-corrected chi connectivity index (χ4v) is 4.33. The smallest absolute Gasteiger partial charge is 0.321 e. The molecule has 0 aliphatic carbocycles. The van der Waals surface area contributed by atoms with E-state index >= 15 is 0 Å². The number of carbonyl (C=O) groups is 1. The number of nitrogens with one attached hydrogen (secondary N) is 1. The van der Waals surface area contributed by atoms with Crippen LogP contribution in [0.4, 0.5) is 18.9 Å².